The number of hydrogen-bond acceptors (Lipinski definition) is 3. The Labute approximate surface area is 137 Å². The van der Waals surface area contributed by atoms with Crippen LogP contribution in [0.3, 0.4) is 0 Å². The predicted octanol–water partition coefficient (Wildman–Crippen LogP) is 2.20. The fraction of sp³-hybridized carbons (Fsp3) is 0.611. The fourth-order valence-electron chi connectivity index (χ4n) is 3.82. The normalized spacial score (nSPS) is 27.1. The summed E-state index contributed by atoms with van der Waals surface area (Å²) in [5.41, 5.74) is 2.42. The van der Waals surface area contributed by atoms with Gasteiger partial charge in [-0.2, -0.15) is 0 Å². The van der Waals surface area contributed by atoms with E-state index < -0.39 is 0 Å². The van der Waals surface area contributed by atoms with Gasteiger partial charge in [-0.3, -0.25) is 4.90 Å². The monoisotopic (exact) mass is 315 g/mol. The minimum atomic E-state index is 0.0645. The first kappa shape index (κ1) is 14.8. The Bertz CT molecular complexity index is 614. The molecule has 3 aliphatic rings. The molecule has 2 atom stereocenters. The van der Waals surface area contributed by atoms with E-state index in [1.165, 1.54) is 24.0 Å². The van der Waals surface area contributed by atoms with E-state index in [0.29, 0.717) is 19.0 Å². The smallest absolute Gasteiger partial charge is 0.318 e. The van der Waals surface area contributed by atoms with Crippen LogP contribution in [0.4, 0.5) is 4.79 Å². The van der Waals surface area contributed by atoms with Crippen molar-refractivity contribution in [1.29, 1.82) is 0 Å². The quantitative estimate of drug-likeness (QED) is 0.930. The predicted molar refractivity (Wildman–Crippen MR) is 88.3 cm³/mol. The van der Waals surface area contributed by atoms with E-state index in [9.17, 15) is 4.79 Å². The van der Waals surface area contributed by atoms with Crippen molar-refractivity contribution in [3.8, 4) is 5.75 Å². The summed E-state index contributed by atoms with van der Waals surface area (Å²) in [5, 5.41) is 3.26. The first-order valence-electron chi connectivity index (χ1n) is 8.59. The number of carbonyl (C=O) groups is 1. The summed E-state index contributed by atoms with van der Waals surface area (Å²) >= 11 is 0. The number of amides is 2. The van der Waals surface area contributed by atoms with Crippen molar-refractivity contribution < 1.29 is 9.53 Å². The lowest BCUT2D eigenvalue weighted by molar-refractivity contribution is 0.192. The van der Waals surface area contributed by atoms with E-state index in [4.69, 9.17) is 4.74 Å². The van der Waals surface area contributed by atoms with Crippen LogP contribution in [0.1, 0.15) is 30.9 Å². The Morgan fingerprint density at radius 1 is 1.22 bits per heavy atom. The van der Waals surface area contributed by atoms with Gasteiger partial charge in [0.05, 0.1) is 7.11 Å². The lowest BCUT2D eigenvalue weighted by Gasteiger charge is -2.22. The van der Waals surface area contributed by atoms with Crippen molar-refractivity contribution in [2.75, 3.05) is 20.2 Å². The molecule has 5 nitrogen and oxygen atoms in total. The molecule has 1 N–H and O–H groups in total. The third-order valence-electron chi connectivity index (χ3n) is 5.44. The number of urea groups is 1. The minimum absolute atomic E-state index is 0.0645. The molecule has 2 heterocycles. The van der Waals surface area contributed by atoms with Crippen molar-refractivity contribution in [3.63, 3.8) is 0 Å². The average molecular weight is 315 g/mol. The van der Waals surface area contributed by atoms with Crippen LogP contribution in [0.2, 0.25) is 0 Å². The van der Waals surface area contributed by atoms with Crippen LogP contribution in [0.5, 0.6) is 5.75 Å². The first-order chi connectivity index (χ1) is 11.1. The second-order valence-electron chi connectivity index (χ2n) is 7.21. The zero-order valence-corrected chi connectivity index (χ0v) is 13.9. The topological polar surface area (TPSA) is 44.8 Å². The van der Waals surface area contributed by atoms with Crippen LogP contribution >= 0.6 is 0 Å². The molecule has 5 heteroatoms. The highest BCUT2D eigenvalue weighted by Gasteiger charge is 2.39. The standard InChI is InChI=1S/C18H25N3O2/c1-12-8-20(15-4-5-15)11-17(12)19-18(22)21-9-13-3-6-16(23-2)7-14(13)10-21/h3,6-7,12,15,17H,4-5,8-11H2,1-2H3,(H,19,22). The summed E-state index contributed by atoms with van der Waals surface area (Å²) in [7, 11) is 1.67. The molecule has 0 radical (unpaired) electrons. The number of ether oxygens (including phenoxy) is 1. The third kappa shape index (κ3) is 2.90. The van der Waals surface area contributed by atoms with Gasteiger partial charge in [0.15, 0.2) is 0 Å². The third-order valence-corrected chi connectivity index (χ3v) is 5.44. The molecule has 2 amide bonds. The van der Waals surface area contributed by atoms with Crippen molar-refractivity contribution in [1.82, 2.24) is 15.1 Å². The Balaban J connectivity index is 1.37. The molecule has 1 aromatic rings. The zero-order chi connectivity index (χ0) is 16.0. The number of benzene rings is 1. The second kappa shape index (κ2) is 5.71. The van der Waals surface area contributed by atoms with Gasteiger partial charge < -0.3 is 15.0 Å². The molecule has 0 bridgehead atoms. The van der Waals surface area contributed by atoms with E-state index in [-0.39, 0.29) is 12.1 Å². The van der Waals surface area contributed by atoms with Gasteiger partial charge in [0, 0.05) is 38.3 Å². The maximum absolute atomic E-state index is 12.6. The second-order valence-corrected chi connectivity index (χ2v) is 7.21. The van der Waals surface area contributed by atoms with Crippen LogP contribution in [0.25, 0.3) is 0 Å². The largest absolute Gasteiger partial charge is 0.497 e. The number of fused-ring (bicyclic) bond motifs is 1. The van der Waals surface area contributed by atoms with E-state index in [2.05, 4.69) is 23.2 Å². The number of carbonyl (C=O) groups excluding carboxylic acids is 1. The van der Waals surface area contributed by atoms with Crippen molar-refractivity contribution in [3.05, 3.63) is 29.3 Å². The van der Waals surface area contributed by atoms with Gasteiger partial charge in [0.2, 0.25) is 0 Å². The van der Waals surface area contributed by atoms with E-state index in [1.807, 2.05) is 17.0 Å². The van der Waals surface area contributed by atoms with Crippen molar-refractivity contribution in [2.45, 2.75) is 44.9 Å². The SMILES string of the molecule is COc1ccc2c(c1)CN(C(=O)NC1CN(C3CC3)CC1C)C2. The molecule has 0 aromatic heterocycles. The summed E-state index contributed by atoms with van der Waals surface area (Å²) in [6, 6.07) is 7.19. The van der Waals surface area contributed by atoms with E-state index in [0.717, 1.165) is 24.9 Å². The molecular formula is C18H25N3O2. The number of rotatable bonds is 3. The molecule has 1 aromatic carbocycles. The summed E-state index contributed by atoms with van der Waals surface area (Å²) in [4.78, 5) is 17.1. The number of likely N-dealkylation sites (tertiary alicyclic amines) is 1. The zero-order valence-electron chi connectivity index (χ0n) is 13.9. The molecule has 1 saturated heterocycles. The lowest BCUT2D eigenvalue weighted by atomic mass is 10.1. The molecule has 2 aliphatic heterocycles. The number of nitrogens with zero attached hydrogens (tertiary/aromatic N) is 2. The fourth-order valence-corrected chi connectivity index (χ4v) is 3.82. The number of hydrogen-bond donors (Lipinski definition) is 1. The molecule has 0 spiro atoms. The van der Waals surface area contributed by atoms with Gasteiger partial charge in [0.25, 0.3) is 0 Å². The van der Waals surface area contributed by atoms with Crippen LogP contribution in [0, 0.1) is 5.92 Å². The molecule has 1 saturated carbocycles. The highest BCUT2D eigenvalue weighted by Crippen LogP contribution is 2.32. The number of methoxy groups -OCH3 is 1. The molecule has 4 rings (SSSR count). The molecule has 1 aliphatic carbocycles. The molecule has 2 fully saturated rings. The Hall–Kier alpha value is -1.75. The summed E-state index contributed by atoms with van der Waals surface area (Å²) in [6.07, 6.45) is 2.66. The maximum Gasteiger partial charge on any atom is 0.318 e. The van der Waals surface area contributed by atoms with E-state index >= 15 is 0 Å². The van der Waals surface area contributed by atoms with Crippen molar-refractivity contribution in [2.24, 2.45) is 5.92 Å². The highest BCUT2D eigenvalue weighted by atomic mass is 16.5. The average Bonchev–Trinajstić information content (AvgIpc) is 3.21. The highest BCUT2D eigenvalue weighted by molar-refractivity contribution is 5.75. The Morgan fingerprint density at radius 2 is 2.00 bits per heavy atom. The summed E-state index contributed by atoms with van der Waals surface area (Å²) in [5.74, 6) is 1.39. The molecule has 23 heavy (non-hydrogen) atoms. The number of nitrogens with one attached hydrogen (secondary N) is 1. The van der Waals surface area contributed by atoms with Gasteiger partial charge in [-0.1, -0.05) is 13.0 Å². The molecule has 2 unspecified atom stereocenters. The van der Waals surface area contributed by atoms with Gasteiger partial charge in [0.1, 0.15) is 5.75 Å². The van der Waals surface area contributed by atoms with Gasteiger partial charge in [-0.15, -0.1) is 0 Å². The Kier molecular flexibility index (Phi) is 3.68. The van der Waals surface area contributed by atoms with E-state index in [1.54, 1.807) is 7.11 Å². The van der Waals surface area contributed by atoms with Crippen LogP contribution in [-0.4, -0.2) is 48.1 Å². The lowest BCUT2D eigenvalue weighted by Crippen LogP contribution is -2.45. The molecule has 124 valence electrons. The van der Waals surface area contributed by atoms with Gasteiger partial charge in [-0.25, -0.2) is 4.79 Å². The van der Waals surface area contributed by atoms with Crippen LogP contribution in [-0.2, 0) is 13.1 Å². The van der Waals surface area contributed by atoms with Crippen LogP contribution < -0.4 is 10.1 Å². The summed E-state index contributed by atoms with van der Waals surface area (Å²) in [6.45, 7) is 5.74. The maximum atomic E-state index is 12.6. The Morgan fingerprint density at radius 3 is 2.74 bits per heavy atom. The van der Waals surface area contributed by atoms with Crippen molar-refractivity contribution >= 4 is 6.03 Å². The van der Waals surface area contributed by atoms with Gasteiger partial charge >= 0.3 is 6.03 Å². The summed E-state index contributed by atoms with van der Waals surface area (Å²) < 4.78 is 5.27. The first-order valence-corrected chi connectivity index (χ1v) is 8.59. The molecular weight excluding hydrogens is 290 g/mol. The van der Waals surface area contributed by atoms with Gasteiger partial charge in [-0.05, 0) is 42.0 Å². The van der Waals surface area contributed by atoms with Crippen LogP contribution in [0.15, 0.2) is 18.2 Å². The minimum Gasteiger partial charge on any atom is -0.497 e.